The number of carboxylic acids is 1. The van der Waals surface area contributed by atoms with Gasteiger partial charge >= 0.3 is 5.97 Å². The van der Waals surface area contributed by atoms with Crippen molar-refractivity contribution in [2.75, 3.05) is 0 Å². The molecule has 0 aliphatic heterocycles. The summed E-state index contributed by atoms with van der Waals surface area (Å²) in [6, 6.07) is 5.06. The van der Waals surface area contributed by atoms with Gasteiger partial charge in [0.2, 0.25) is 0 Å². The monoisotopic (exact) mass is 237 g/mol. The third-order valence-corrected chi connectivity index (χ3v) is 2.70. The van der Waals surface area contributed by atoms with Gasteiger partial charge < -0.3 is 9.67 Å². The molecule has 0 spiro atoms. The Morgan fingerprint density at radius 3 is 2.69 bits per heavy atom. The number of aryl methyl sites for hydroxylation is 1. The average Bonchev–Trinajstić information content (AvgIpc) is 2.56. The Hall–Kier alpha value is -1.81. The maximum Gasteiger partial charge on any atom is 0.377 e. The number of halogens is 1. The molecule has 2 aromatic rings. The van der Waals surface area contributed by atoms with Gasteiger partial charge in [-0.25, -0.2) is 4.79 Å². The molecule has 82 valence electrons. The highest BCUT2D eigenvalue weighted by Gasteiger charge is 2.20. The third-order valence-electron chi connectivity index (χ3n) is 2.39. The van der Waals surface area contributed by atoms with Crippen molar-refractivity contribution in [2.45, 2.75) is 0 Å². The number of ketones is 1. The van der Waals surface area contributed by atoms with Crippen LogP contribution in [0.3, 0.4) is 0 Å². The van der Waals surface area contributed by atoms with Crippen LogP contribution in [0.25, 0.3) is 10.9 Å². The van der Waals surface area contributed by atoms with Crippen molar-refractivity contribution in [1.82, 2.24) is 4.57 Å². The van der Waals surface area contributed by atoms with Gasteiger partial charge in [0.1, 0.15) is 0 Å². The van der Waals surface area contributed by atoms with E-state index < -0.39 is 11.8 Å². The molecular weight excluding hydrogens is 230 g/mol. The summed E-state index contributed by atoms with van der Waals surface area (Å²) in [7, 11) is 1.72. The van der Waals surface area contributed by atoms with E-state index in [2.05, 4.69) is 0 Å². The number of aromatic nitrogens is 1. The van der Waals surface area contributed by atoms with Gasteiger partial charge in [0.15, 0.2) is 0 Å². The van der Waals surface area contributed by atoms with Crippen LogP contribution in [-0.4, -0.2) is 21.4 Å². The minimum atomic E-state index is -1.47. The third kappa shape index (κ3) is 1.47. The van der Waals surface area contributed by atoms with Crippen LogP contribution in [0.15, 0.2) is 24.4 Å². The van der Waals surface area contributed by atoms with E-state index in [1.54, 1.807) is 29.8 Å². The summed E-state index contributed by atoms with van der Waals surface area (Å²) in [5.41, 5.74) is 0.821. The number of Topliss-reactive ketones (excluding diaryl/α,β-unsaturated/α-hetero) is 1. The van der Waals surface area contributed by atoms with Gasteiger partial charge in [-0.15, -0.1) is 0 Å². The number of rotatable bonds is 2. The molecule has 0 amide bonds. The first-order valence-corrected chi connectivity index (χ1v) is 4.91. The van der Waals surface area contributed by atoms with E-state index in [9.17, 15) is 9.59 Å². The normalized spacial score (nSPS) is 10.6. The maximum absolute atomic E-state index is 11.4. The zero-order valence-electron chi connectivity index (χ0n) is 8.40. The zero-order valence-corrected chi connectivity index (χ0v) is 9.15. The number of benzene rings is 1. The Morgan fingerprint density at radius 1 is 1.38 bits per heavy atom. The molecule has 0 unspecified atom stereocenters. The van der Waals surface area contributed by atoms with Crippen molar-refractivity contribution in [3.63, 3.8) is 0 Å². The highest BCUT2D eigenvalue weighted by Crippen LogP contribution is 2.27. The largest absolute Gasteiger partial charge is 0.475 e. The molecule has 2 rings (SSSR count). The Labute approximate surface area is 96.0 Å². The number of aliphatic carboxylic acids is 1. The van der Waals surface area contributed by atoms with E-state index in [-0.39, 0.29) is 5.56 Å². The lowest BCUT2D eigenvalue weighted by molar-refractivity contribution is -0.131. The van der Waals surface area contributed by atoms with Gasteiger partial charge in [0, 0.05) is 18.6 Å². The summed E-state index contributed by atoms with van der Waals surface area (Å²) >= 11 is 5.98. The number of carbonyl (C=O) groups is 2. The number of carboxylic acid groups (broad SMARTS) is 1. The molecule has 0 aliphatic carbocycles. The second kappa shape index (κ2) is 3.64. The number of fused-ring (bicyclic) bond motifs is 1. The fraction of sp³-hybridized carbons (Fsp3) is 0.0909. The van der Waals surface area contributed by atoms with Crippen molar-refractivity contribution in [1.29, 1.82) is 0 Å². The van der Waals surface area contributed by atoms with E-state index in [0.29, 0.717) is 15.9 Å². The molecule has 0 atom stereocenters. The smallest absolute Gasteiger partial charge is 0.377 e. The first-order chi connectivity index (χ1) is 7.52. The first-order valence-electron chi connectivity index (χ1n) is 4.53. The van der Waals surface area contributed by atoms with E-state index >= 15 is 0 Å². The molecule has 0 bridgehead atoms. The van der Waals surface area contributed by atoms with Gasteiger partial charge in [-0.2, -0.15) is 0 Å². The molecule has 1 aromatic carbocycles. The zero-order chi connectivity index (χ0) is 11.9. The van der Waals surface area contributed by atoms with Crippen LogP contribution < -0.4 is 0 Å². The second-order valence-corrected chi connectivity index (χ2v) is 3.83. The SMILES string of the molecule is Cn1cc(C(=O)C(=O)O)c2cccc(Cl)c21. The van der Waals surface area contributed by atoms with Gasteiger partial charge in [-0.1, -0.05) is 23.7 Å². The minimum absolute atomic E-state index is 0.160. The molecule has 0 radical (unpaired) electrons. The summed E-state index contributed by atoms with van der Waals surface area (Å²) < 4.78 is 1.65. The molecule has 0 saturated carbocycles. The highest BCUT2D eigenvalue weighted by molar-refractivity contribution is 6.43. The summed E-state index contributed by atoms with van der Waals surface area (Å²) in [5.74, 6) is -2.39. The lowest BCUT2D eigenvalue weighted by Crippen LogP contribution is -2.12. The van der Waals surface area contributed by atoms with Crippen LogP contribution in [0.4, 0.5) is 0 Å². The quantitative estimate of drug-likeness (QED) is 0.643. The Balaban J connectivity index is 2.79. The molecule has 0 saturated heterocycles. The number of carbonyl (C=O) groups excluding carboxylic acids is 1. The van der Waals surface area contributed by atoms with Crippen LogP contribution in [0, 0.1) is 0 Å². The van der Waals surface area contributed by atoms with E-state index in [4.69, 9.17) is 16.7 Å². The summed E-state index contributed by atoms with van der Waals surface area (Å²) in [6.45, 7) is 0. The van der Waals surface area contributed by atoms with Gasteiger partial charge in [0.05, 0.1) is 16.1 Å². The molecule has 1 aromatic heterocycles. The Kier molecular flexibility index (Phi) is 2.44. The number of para-hydroxylation sites is 1. The van der Waals surface area contributed by atoms with Gasteiger partial charge in [-0.05, 0) is 6.07 Å². The van der Waals surface area contributed by atoms with Crippen LogP contribution in [0.1, 0.15) is 10.4 Å². The molecule has 4 nitrogen and oxygen atoms in total. The van der Waals surface area contributed by atoms with Crippen LogP contribution in [-0.2, 0) is 11.8 Å². The molecule has 1 N–H and O–H groups in total. The molecule has 0 aliphatic rings. The lowest BCUT2D eigenvalue weighted by atomic mass is 10.1. The van der Waals surface area contributed by atoms with Crippen molar-refractivity contribution in [3.8, 4) is 0 Å². The molecule has 0 fully saturated rings. The van der Waals surface area contributed by atoms with Crippen LogP contribution >= 0.6 is 11.6 Å². The second-order valence-electron chi connectivity index (χ2n) is 3.42. The Bertz CT molecular complexity index is 601. The molecule has 16 heavy (non-hydrogen) atoms. The molecular formula is C11H8ClNO3. The lowest BCUT2D eigenvalue weighted by Gasteiger charge is -1.97. The maximum atomic E-state index is 11.4. The van der Waals surface area contributed by atoms with Crippen molar-refractivity contribution in [2.24, 2.45) is 7.05 Å². The first kappa shape index (κ1) is 10.7. The Morgan fingerprint density at radius 2 is 2.06 bits per heavy atom. The summed E-state index contributed by atoms with van der Waals surface area (Å²) in [4.78, 5) is 22.1. The minimum Gasteiger partial charge on any atom is -0.475 e. The van der Waals surface area contributed by atoms with Crippen molar-refractivity contribution >= 4 is 34.3 Å². The highest BCUT2D eigenvalue weighted by atomic mass is 35.5. The van der Waals surface area contributed by atoms with Crippen molar-refractivity contribution < 1.29 is 14.7 Å². The fourth-order valence-electron chi connectivity index (χ4n) is 1.72. The molecule has 5 heteroatoms. The van der Waals surface area contributed by atoms with Gasteiger partial charge in [0.25, 0.3) is 5.78 Å². The van der Waals surface area contributed by atoms with Gasteiger partial charge in [-0.3, -0.25) is 4.79 Å². The van der Waals surface area contributed by atoms with E-state index in [0.717, 1.165) is 0 Å². The predicted octanol–water partition coefficient (Wildman–Crippen LogP) is 2.10. The van der Waals surface area contributed by atoms with Crippen LogP contribution in [0.2, 0.25) is 5.02 Å². The standard InChI is InChI=1S/C11H8ClNO3/c1-13-5-7(10(14)11(15)16)6-3-2-4-8(12)9(6)13/h2-5H,1H3,(H,15,16). The number of hydrogen-bond donors (Lipinski definition) is 1. The van der Waals surface area contributed by atoms with E-state index in [1.165, 1.54) is 6.20 Å². The summed E-state index contributed by atoms with van der Waals surface area (Å²) in [6.07, 6.45) is 1.48. The topological polar surface area (TPSA) is 59.3 Å². The predicted molar refractivity (Wildman–Crippen MR) is 59.9 cm³/mol. The van der Waals surface area contributed by atoms with E-state index in [1.807, 2.05) is 0 Å². The number of nitrogens with zero attached hydrogens (tertiary/aromatic N) is 1. The molecule has 1 heterocycles. The van der Waals surface area contributed by atoms with Crippen molar-refractivity contribution in [3.05, 3.63) is 35.0 Å². The average molecular weight is 238 g/mol. The summed E-state index contributed by atoms with van der Waals surface area (Å²) in [5, 5.41) is 9.73. The fourth-order valence-corrected chi connectivity index (χ4v) is 2.02. The number of hydrogen-bond acceptors (Lipinski definition) is 2. The van der Waals surface area contributed by atoms with Crippen LogP contribution in [0.5, 0.6) is 0 Å².